The second-order valence-corrected chi connectivity index (χ2v) is 5.42. The van der Waals surface area contributed by atoms with E-state index in [1.807, 2.05) is 30.3 Å². The molecule has 0 fully saturated rings. The Bertz CT molecular complexity index is 578. The molecular formula is C19H23NO2. The lowest BCUT2D eigenvalue weighted by Gasteiger charge is -2.20. The third kappa shape index (κ3) is 4.71. The predicted octanol–water partition coefficient (Wildman–Crippen LogP) is 3.63. The van der Waals surface area contributed by atoms with Crippen LogP contribution in [0.5, 0.6) is 0 Å². The topological polar surface area (TPSA) is 38.3 Å². The fourth-order valence-electron chi connectivity index (χ4n) is 2.37. The van der Waals surface area contributed by atoms with Gasteiger partial charge in [0.1, 0.15) is 0 Å². The normalized spacial score (nSPS) is 11.9. The molecule has 0 saturated carbocycles. The summed E-state index contributed by atoms with van der Waals surface area (Å²) >= 11 is 0. The number of aryl methyl sites for hydroxylation is 1. The largest absolute Gasteiger partial charge is 0.385 e. The van der Waals surface area contributed by atoms with E-state index in [1.54, 1.807) is 7.11 Å². The molecule has 0 unspecified atom stereocenters. The van der Waals surface area contributed by atoms with Gasteiger partial charge in [-0.1, -0.05) is 60.2 Å². The molecule has 0 spiro atoms. The van der Waals surface area contributed by atoms with Gasteiger partial charge >= 0.3 is 0 Å². The number of ether oxygens (including phenoxy) is 1. The first-order valence-electron chi connectivity index (χ1n) is 7.60. The summed E-state index contributed by atoms with van der Waals surface area (Å²) in [6.07, 6.45) is 1.21. The Hall–Kier alpha value is -2.13. The summed E-state index contributed by atoms with van der Waals surface area (Å²) in [7, 11) is 1.65. The van der Waals surface area contributed by atoms with Crippen LogP contribution >= 0.6 is 0 Å². The monoisotopic (exact) mass is 297 g/mol. The second-order valence-electron chi connectivity index (χ2n) is 5.42. The van der Waals surface area contributed by atoms with E-state index >= 15 is 0 Å². The van der Waals surface area contributed by atoms with Gasteiger partial charge in [-0.2, -0.15) is 0 Å². The third-order valence-corrected chi connectivity index (χ3v) is 3.60. The Morgan fingerprint density at radius 3 is 2.32 bits per heavy atom. The summed E-state index contributed by atoms with van der Waals surface area (Å²) in [4.78, 5) is 12.2. The van der Waals surface area contributed by atoms with Gasteiger partial charge < -0.3 is 10.1 Å². The summed E-state index contributed by atoms with van der Waals surface area (Å²) in [5.41, 5.74) is 3.39. The lowest BCUT2D eigenvalue weighted by Crippen LogP contribution is -2.29. The van der Waals surface area contributed by atoms with Gasteiger partial charge in [0.2, 0.25) is 5.91 Å². The molecule has 2 rings (SSSR count). The Morgan fingerprint density at radius 2 is 1.68 bits per heavy atom. The minimum atomic E-state index is -0.114. The van der Waals surface area contributed by atoms with Crippen LogP contribution < -0.4 is 5.32 Å². The van der Waals surface area contributed by atoms with E-state index in [4.69, 9.17) is 4.74 Å². The van der Waals surface area contributed by atoms with E-state index in [0.717, 1.165) is 17.5 Å². The number of hydrogen-bond acceptors (Lipinski definition) is 2. The highest BCUT2D eigenvalue weighted by molar-refractivity contribution is 5.77. The van der Waals surface area contributed by atoms with E-state index in [0.29, 0.717) is 13.0 Å². The molecule has 0 aliphatic rings. The van der Waals surface area contributed by atoms with Gasteiger partial charge in [-0.15, -0.1) is 0 Å². The quantitative estimate of drug-likeness (QED) is 0.793. The van der Waals surface area contributed by atoms with Crippen molar-refractivity contribution in [1.82, 2.24) is 5.32 Å². The van der Waals surface area contributed by atoms with Crippen LogP contribution in [0.25, 0.3) is 0 Å². The van der Waals surface area contributed by atoms with Crippen LogP contribution in [0.4, 0.5) is 0 Å². The number of amides is 1. The number of methoxy groups -OCH3 is 1. The van der Waals surface area contributed by atoms with Crippen molar-refractivity contribution in [3.8, 4) is 0 Å². The van der Waals surface area contributed by atoms with Crippen LogP contribution in [0, 0.1) is 6.92 Å². The van der Waals surface area contributed by atoms with Gasteiger partial charge in [-0.3, -0.25) is 4.79 Å². The zero-order valence-electron chi connectivity index (χ0n) is 13.2. The molecule has 116 valence electrons. The third-order valence-electron chi connectivity index (χ3n) is 3.60. The number of rotatable bonds is 7. The Morgan fingerprint density at radius 1 is 1.05 bits per heavy atom. The zero-order valence-corrected chi connectivity index (χ0v) is 13.2. The number of carbonyl (C=O) groups excluding carboxylic acids is 1. The van der Waals surface area contributed by atoms with E-state index in [9.17, 15) is 4.79 Å². The van der Waals surface area contributed by atoms with Crippen molar-refractivity contribution in [2.45, 2.75) is 25.8 Å². The average molecular weight is 297 g/mol. The van der Waals surface area contributed by atoms with E-state index in [2.05, 4.69) is 36.5 Å². The zero-order chi connectivity index (χ0) is 15.8. The van der Waals surface area contributed by atoms with Crippen LogP contribution in [0.1, 0.15) is 35.6 Å². The molecule has 0 saturated heterocycles. The van der Waals surface area contributed by atoms with E-state index in [-0.39, 0.29) is 11.9 Å². The second kappa shape index (κ2) is 8.35. The highest BCUT2D eigenvalue weighted by atomic mass is 16.5. The lowest BCUT2D eigenvalue weighted by molar-refractivity contribution is -0.121. The Labute approximate surface area is 132 Å². The summed E-state index contributed by atoms with van der Waals surface area (Å²) in [5, 5.41) is 3.13. The maximum atomic E-state index is 12.2. The molecule has 22 heavy (non-hydrogen) atoms. The van der Waals surface area contributed by atoms with Crippen molar-refractivity contribution in [2.75, 3.05) is 13.7 Å². The van der Waals surface area contributed by atoms with Crippen molar-refractivity contribution in [2.24, 2.45) is 0 Å². The minimum Gasteiger partial charge on any atom is -0.385 e. The maximum absolute atomic E-state index is 12.2. The lowest BCUT2D eigenvalue weighted by atomic mass is 9.97. The van der Waals surface area contributed by atoms with Crippen LogP contribution in [-0.2, 0) is 9.53 Å². The molecule has 0 aromatic heterocycles. The highest BCUT2D eigenvalue weighted by Crippen LogP contribution is 2.22. The summed E-state index contributed by atoms with van der Waals surface area (Å²) in [5.74, 6) is 0.0477. The van der Waals surface area contributed by atoms with Gasteiger partial charge in [-0.05, 0) is 24.5 Å². The first-order valence-corrected chi connectivity index (χ1v) is 7.60. The van der Waals surface area contributed by atoms with Crippen LogP contribution in [-0.4, -0.2) is 19.6 Å². The van der Waals surface area contributed by atoms with Gasteiger partial charge in [0, 0.05) is 20.1 Å². The van der Waals surface area contributed by atoms with Crippen molar-refractivity contribution in [1.29, 1.82) is 0 Å². The predicted molar refractivity (Wildman–Crippen MR) is 88.7 cm³/mol. The molecule has 1 N–H and O–H groups in total. The summed E-state index contributed by atoms with van der Waals surface area (Å²) in [6, 6.07) is 18.2. The van der Waals surface area contributed by atoms with Crippen LogP contribution in [0.2, 0.25) is 0 Å². The minimum absolute atomic E-state index is 0.0477. The van der Waals surface area contributed by atoms with Crippen molar-refractivity contribution >= 4 is 5.91 Å². The molecule has 2 aromatic rings. The summed E-state index contributed by atoms with van der Waals surface area (Å²) < 4.78 is 5.00. The molecule has 3 heteroatoms. The highest BCUT2D eigenvalue weighted by Gasteiger charge is 2.16. The first-order chi connectivity index (χ1) is 10.7. The van der Waals surface area contributed by atoms with E-state index in [1.165, 1.54) is 5.56 Å². The standard InChI is InChI=1S/C19H23NO2/c1-15-10-12-17(13-11-15)19(16-7-4-3-5-8-16)20-18(21)9-6-14-22-2/h3-5,7-8,10-13,19H,6,9,14H2,1-2H3,(H,20,21)/t19-/m1/s1. The fraction of sp³-hybridized carbons (Fsp3) is 0.316. The fourth-order valence-corrected chi connectivity index (χ4v) is 2.37. The van der Waals surface area contributed by atoms with E-state index < -0.39 is 0 Å². The number of nitrogens with one attached hydrogen (secondary N) is 1. The average Bonchev–Trinajstić information content (AvgIpc) is 2.55. The smallest absolute Gasteiger partial charge is 0.220 e. The van der Waals surface area contributed by atoms with Crippen LogP contribution in [0.3, 0.4) is 0 Å². The van der Waals surface area contributed by atoms with Gasteiger partial charge in [0.15, 0.2) is 0 Å². The van der Waals surface area contributed by atoms with Crippen molar-refractivity contribution < 1.29 is 9.53 Å². The number of carbonyl (C=O) groups is 1. The molecule has 2 aromatic carbocycles. The van der Waals surface area contributed by atoms with Gasteiger partial charge in [-0.25, -0.2) is 0 Å². The van der Waals surface area contributed by atoms with Crippen LogP contribution in [0.15, 0.2) is 54.6 Å². The molecule has 0 aliphatic carbocycles. The molecule has 0 radical (unpaired) electrons. The van der Waals surface area contributed by atoms with Crippen molar-refractivity contribution in [3.05, 3.63) is 71.3 Å². The summed E-state index contributed by atoms with van der Waals surface area (Å²) in [6.45, 7) is 2.67. The number of benzene rings is 2. The van der Waals surface area contributed by atoms with Crippen molar-refractivity contribution in [3.63, 3.8) is 0 Å². The maximum Gasteiger partial charge on any atom is 0.220 e. The molecule has 3 nitrogen and oxygen atoms in total. The SMILES string of the molecule is COCCCC(=O)N[C@H](c1ccccc1)c1ccc(C)cc1. The molecule has 1 atom stereocenters. The molecular weight excluding hydrogens is 274 g/mol. The number of hydrogen-bond donors (Lipinski definition) is 1. The molecule has 1 amide bonds. The van der Waals surface area contributed by atoms with Gasteiger partial charge in [0.25, 0.3) is 0 Å². The first kappa shape index (κ1) is 16.2. The van der Waals surface area contributed by atoms with Gasteiger partial charge in [0.05, 0.1) is 6.04 Å². The Kier molecular flexibility index (Phi) is 6.16. The molecule has 0 bridgehead atoms. The molecule has 0 aliphatic heterocycles. The molecule has 0 heterocycles. The Balaban J connectivity index is 2.15.